The lowest BCUT2D eigenvalue weighted by Gasteiger charge is -2.12. The van der Waals surface area contributed by atoms with E-state index in [2.05, 4.69) is 21.2 Å². The quantitative estimate of drug-likeness (QED) is 0.751. The fraction of sp³-hybridized carbons (Fsp3) is 0.278. The molecule has 1 amide bonds. The third-order valence-electron chi connectivity index (χ3n) is 3.25. The molecule has 0 aliphatic rings. The Balaban J connectivity index is 1.76. The molecule has 0 saturated heterocycles. The summed E-state index contributed by atoms with van der Waals surface area (Å²) in [5.41, 5.74) is 2.08. The van der Waals surface area contributed by atoms with E-state index < -0.39 is 0 Å². The van der Waals surface area contributed by atoms with Crippen LogP contribution >= 0.6 is 15.9 Å². The van der Waals surface area contributed by atoms with Crippen LogP contribution in [0.3, 0.4) is 0 Å². The van der Waals surface area contributed by atoms with E-state index in [4.69, 9.17) is 9.47 Å². The van der Waals surface area contributed by atoms with Gasteiger partial charge in [-0.05, 0) is 42.3 Å². The lowest BCUT2D eigenvalue weighted by atomic mass is 10.1. The zero-order chi connectivity index (χ0) is 16.7. The summed E-state index contributed by atoms with van der Waals surface area (Å²) in [5, 5.41) is 2.85. The molecule has 0 radical (unpaired) electrons. The number of amides is 1. The molecular weight excluding hydrogens is 358 g/mol. The van der Waals surface area contributed by atoms with Gasteiger partial charge in [0.05, 0.1) is 20.1 Å². The maximum Gasteiger partial charge on any atom is 0.224 e. The van der Waals surface area contributed by atoms with Crippen LogP contribution in [0.25, 0.3) is 0 Å². The molecule has 0 aliphatic carbocycles. The Hall–Kier alpha value is -2.01. The average molecular weight is 378 g/mol. The average Bonchev–Trinajstić information content (AvgIpc) is 2.52. The highest BCUT2D eigenvalue weighted by molar-refractivity contribution is 9.10. The van der Waals surface area contributed by atoms with Crippen LogP contribution in [0.15, 0.2) is 46.9 Å². The van der Waals surface area contributed by atoms with E-state index in [-0.39, 0.29) is 5.91 Å². The normalized spacial score (nSPS) is 10.2. The largest absolute Gasteiger partial charge is 0.493 e. The zero-order valence-corrected chi connectivity index (χ0v) is 14.9. The Labute approximate surface area is 144 Å². The minimum Gasteiger partial charge on any atom is -0.493 e. The molecule has 2 aromatic rings. The maximum atomic E-state index is 11.9. The van der Waals surface area contributed by atoms with Crippen molar-refractivity contribution in [3.8, 4) is 11.5 Å². The molecule has 0 aliphatic heterocycles. The minimum atomic E-state index is -0.0254. The third kappa shape index (κ3) is 5.60. The first-order valence-electron chi connectivity index (χ1n) is 7.37. The molecule has 0 heterocycles. The van der Waals surface area contributed by atoms with E-state index in [1.165, 1.54) is 0 Å². The number of halogens is 1. The Morgan fingerprint density at radius 3 is 2.74 bits per heavy atom. The summed E-state index contributed by atoms with van der Waals surface area (Å²) in [6.45, 7) is 2.84. The first-order valence-corrected chi connectivity index (χ1v) is 8.16. The minimum absolute atomic E-state index is 0.0254. The Morgan fingerprint density at radius 1 is 1.17 bits per heavy atom. The van der Waals surface area contributed by atoms with Crippen molar-refractivity contribution in [1.82, 2.24) is 5.32 Å². The molecule has 1 N–H and O–H groups in total. The number of ether oxygens (including phenoxy) is 2. The van der Waals surface area contributed by atoms with Gasteiger partial charge in [-0.15, -0.1) is 0 Å². The van der Waals surface area contributed by atoms with Gasteiger partial charge in [0.15, 0.2) is 11.5 Å². The van der Waals surface area contributed by atoms with Crippen LogP contribution in [0.1, 0.15) is 11.1 Å². The van der Waals surface area contributed by atoms with Crippen molar-refractivity contribution in [2.45, 2.75) is 13.3 Å². The molecule has 0 saturated carbocycles. The molecule has 0 aromatic heterocycles. The van der Waals surface area contributed by atoms with Gasteiger partial charge in [-0.1, -0.05) is 34.1 Å². The summed E-state index contributed by atoms with van der Waals surface area (Å²) < 4.78 is 11.9. The van der Waals surface area contributed by atoms with E-state index in [9.17, 15) is 4.79 Å². The SMILES string of the molecule is COc1cc(C)ccc1OCCNC(=O)Cc1cccc(Br)c1. The Bertz CT molecular complexity index is 673. The van der Waals surface area contributed by atoms with Gasteiger partial charge in [0.1, 0.15) is 6.61 Å². The highest BCUT2D eigenvalue weighted by Gasteiger charge is 2.06. The van der Waals surface area contributed by atoms with E-state index in [0.29, 0.717) is 31.1 Å². The summed E-state index contributed by atoms with van der Waals surface area (Å²) in [6.07, 6.45) is 0.354. The van der Waals surface area contributed by atoms with E-state index in [1.807, 2.05) is 49.4 Å². The molecule has 2 aromatic carbocycles. The van der Waals surface area contributed by atoms with Gasteiger partial charge in [0, 0.05) is 4.47 Å². The van der Waals surface area contributed by atoms with Crippen molar-refractivity contribution in [3.63, 3.8) is 0 Å². The lowest BCUT2D eigenvalue weighted by Crippen LogP contribution is -2.29. The highest BCUT2D eigenvalue weighted by atomic mass is 79.9. The number of rotatable bonds is 7. The van der Waals surface area contributed by atoms with Gasteiger partial charge in [0.25, 0.3) is 0 Å². The first-order chi connectivity index (χ1) is 11.1. The van der Waals surface area contributed by atoms with Crippen molar-refractivity contribution < 1.29 is 14.3 Å². The Morgan fingerprint density at radius 2 is 2.00 bits per heavy atom. The van der Waals surface area contributed by atoms with Crippen molar-refractivity contribution >= 4 is 21.8 Å². The van der Waals surface area contributed by atoms with Gasteiger partial charge in [-0.2, -0.15) is 0 Å². The van der Waals surface area contributed by atoms with Gasteiger partial charge >= 0.3 is 0 Å². The molecule has 0 spiro atoms. The van der Waals surface area contributed by atoms with Crippen molar-refractivity contribution in [1.29, 1.82) is 0 Å². The van der Waals surface area contributed by atoms with Crippen LogP contribution in [0.5, 0.6) is 11.5 Å². The van der Waals surface area contributed by atoms with Gasteiger partial charge in [0.2, 0.25) is 5.91 Å². The standard InChI is InChI=1S/C18H20BrNO3/c1-13-6-7-16(17(10-13)22-2)23-9-8-20-18(21)12-14-4-3-5-15(19)11-14/h3-7,10-11H,8-9,12H2,1-2H3,(H,20,21). The number of nitrogens with one attached hydrogen (secondary N) is 1. The zero-order valence-electron chi connectivity index (χ0n) is 13.3. The van der Waals surface area contributed by atoms with Crippen LogP contribution in [0.4, 0.5) is 0 Å². The molecule has 0 bridgehead atoms. The Kier molecular flexibility index (Phi) is 6.47. The molecule has 4 nitrogen and oxygen atoms in total. The number of aryl methyl sites for hydroxylation is 1. The summed E-state index contributed by atoms with van der Waals surface area (Å²) in [5.74, 6) is 1.35. The van der Waals surface area contributed by atoms with Crippen molar-refractivity contribution in [3.05, 3.63) is 58.1 Å². The first kappa shape index (κ1) is 17.3. The summed E-state index contributed by atoms with van der Waals surface area (Å²) in [4.78, 5) is 11.9. The monoisotopic (exact) mass is 377 g/mol. The van der Waals surface area contributed by atoms with E-state index in [0.717, 1.165) is 15.6 Å². The molecule has 0 fully saturated rings. The number of hydrogen-bond donors (Lipinski definition) is 1. The van der Waals surface area contributed by atoms with Gasteiger partial charge in [-0.3, -0.25) is 4.79 Å². The highest BCUT2D eigenvalue weighted by Crippen LogP contribution is 2.27. The smallest absolute Gasteiger partial charge is 0.224 e. The maximum absolute atomic E-state index is 11.9. The van der Waals surface area contributed by atoms with Crippen LogP contribution in [-0.4, -0.2) is 26.2 Å². The molecule has 5 heteroatoms. The van der Waals surface area contributed by atoms with Gasteiger partial charge < -0.3 is 14.8 Å². The lowest BCUT2D eigenvalue weighted by molar-refractivity contribution is -0.120. The molecule has 23 heavy (non-hydrogen) atoms. The summed E-state index contributed by atoms with van der Waals surface area (Å²) >= 11 is 3.40. The van der Waals surface area contributed by atoms with Crippen LogP contribution in [0.2, 0.25) is 0 Å². The third-order valence-corrected chi connectivity index (χ3v) is 3.75. The fourth-order valence-electron chi connectivity index (χ4n) is 2.14. The number of carbonyl (C=O) groups is 1. The second kappa shape index (κ2) is 8.58. The summed E-state index contributed by atoms with van der Waals surface area (Å²) in [6, 6.07) is 13.5. The van der Waals surface area contributed by atoms with Crippen LogP contribution in [-0.2, 0) is 11.2 Å². The summed E-state index contributed by atoms with van der Waals surface area (Å²) in [7, 11) is 1.61. The fourth-order valence-corrected chi connectivity index (χ4v) is 2.59. The molecular formula is C18H20BrNO3. The van der Waals surface area contributed by atoms with E-state index in [1.54, 1.807) is 7.11 Å². The number of benzene rings is 2. The predicted octanol–water partition coefficient (Wildman–Crippen LogP) is 3.50. The second-order valence-electron chi connectivity index (χ2n) is 5.16. The molecule has 122 valence electrons. The van der Waals surface area contributed by atoms with Crippen LogP contribution in [0, 0.1) is 6.92 Å². The predicted molar refractivity (Wildman–Crippen MR) is 94.1 cm³/mol. The van der Waals surface area contributed by atoms with Crippen molar-refractivity contribution in [2.24, 2.45) is 0 Å². The molecule has 0 atom stereocenters. The van der Waals surface area contributed by atoms with E-state index >= 15 is 0 Å². The van der Waals surface area contributed by atoms with Gasteiger partial charge in [-0.25, -0.2) is 0 Å². The van der Waals surface area contributed by atoms with Crippen molar-refractivity contribution in [2.75, 3.05) is 20.3 Å². The second-order valence-corrected chi connectivity index (χ2v) is 6.08. The molecule has 2 rings (SSSR count). The molecule has 0 unspecified atom stereocenters. The number of methoxy groups -OCH3 is 1. The van der Waals surface area contributed by atoms with Crippen LogP contribution < -0.4 is 14.8 Å². The number of carbonyl (C=O) groups excluding carboxylic acids is 1. The number of hydrogen-bond acceptors (Lipinski definition) is 3. The topological polar surface area (TPSA) is 47.6 Å².